The van der Waals surface area contributed by atoms with Gasteiger partial charge in [0.05, 0.1) is 22.1 Å². The first-order valence-electron chi connectivity index (χ1n) is 5.20. The van der Waals surface area contributed by atoms with Crippen LogP contribution in [0.4, 0.5) is 0 Å². The van der Waals surface area contributed by atoms with Crippen molar-refractivity contribution in [2.75, 3.05) is 11.5 Å². The number of carbonyl (C=O) groups is 1. The molecule has 2 rings (SSSR count). The molecular formula is C10H10Cl2N2O3S. The number of carbonyl (C=O) groups excluding carboxylic acids is 1. The Morgan fingerprint density at radius 3 is 2.72 bits per heavy atom. The second kappa shape index (κ2) is 5.03. The molecule has 0 aromatic carbocycles. The van der Waals surface area contributed by atoms with E-state index in [2.05, 4.69) is 10.3 Å². The molecule has 0 radical (unpaired) electrons. The van der Waals surface area contributed by atoms with Gasteiger partial charge in [0.1, 0.15) is 5.15 Å². The molecule has 5 nitrogen and oxygen atoms in total. The van der Waals surface area contributed by atoms with Crippen molar-refractivity contribution in [1.29, 1.82) is 0 Å². The van der Waals surface area contributed by atoms with Gasteiger partial charge < -0.3 is 5.32 Å². The summed E-state index contributed by atoms with van der Waals surface area (Å²) in [6.07, 6.45) is 1.73. The number of nitrogens with one attached hydrogen (secondary N) is 1. The van der Waals surface area contributed by atoms with E-state index in [1.807, 2.05) is 0 Å². The van der Waals surface area contributed by atoms with E-state index in [4.69, 9.17) is 23.2 Å². The predicted octanol–water partition coefficient (Wildman–Crippen LogP) is 1.31. The lowest BCUT2D eigenvalue weighted by molar-refractivity contribution is 0.0941. The summed E-state index contributed by atoms with van der Waals surface area (Å²) in [5.74, 6) is -0.311. The van der Waals surface area contributed by atoms with E-state index >= 15 is 0 Å². The van der Waals surface area contributed by atoms with Crippen LogP contribution in [0.15, 0.2) is 12.3 Å². The summed E-state index contributed by atoms with van der Waals surface area (Å²) >= 11 is 11.4. The van der Waals surface area contributed by atoms with E-state index in [-0.39, 0.29) is 33.3 Å². The number of sulfone groups is 1. The first-order valence-corrected chi connectivity index (χ1v) is 7.77. The van der Waals surface area contributed by atoms with Gasteiger partial charge in [-0.2, -0.15) is 0 Å². The van der Waals surface area contributed by atoms with E-state index in [0.717, 1.165) is 0 Å². The number of hydrogen-bond donors (Lipinski definition) is 1. The van der Waals surface area contributed by atoms with Gasteiger partial charge in [0.25, 0.3) is 5.91 Å². The zero-order valence-corrected chi connectivity index (χ0v) is 11.5. The van der Waals surface area contributed by atoms with Crippen LogP contribution in [-0.2, 0) is 9.84 Å². The molecule has 1 fully saturated rings. The van der Waals surface area contributed by atoms with Gasteiger partial charge in [-0.15, -0.1) is 0 Å². The maximum atomic E-state index is 11.8. The van der Waals surface area contributed by atoms with Gasteiger partial charge in [-0.3, -0.25) is 4.79 Å². The van der Waals surface area contributed by atoms with Crippen LogP contribution in [0.5, 0.6) is 0 Å². The Bertz CT molecular complexity index is 589. The molecule has 1 aromatic heterocycles. The third-order valence-electron chi connectivity index (χ3n) is 2.63. The van der Waals surface area contributed by atoms with E-state index < -0.39 is 15.7 Å². The van der Waals surface area contributed by atoms with E-state index in [1.54, 1.807) is 0 Å². The van der Waals surface area contributed by atoms with Gasteiger partial charge >= 0.3 is 0 Å². The Labute approximate surface area is 114 Å². The number of halogens is 2. The number of rotatable bonds is 2. The molecule has 1 N–H and O–H groups in total. The molecule has 98 valence electrons. The summed E-state index contributed by atoms with van der Waals surface area (Å²) in [5, 5.41) is 2.94. The highest BCUT2D eigenvalue weighted by atomic mass is 35.5. The molecule has 0 spiro atoms. The second-order valence-electron chi connectivity index (χ2n) is 4.07. The average molecular weight is 309 g/mol. The van der Waals surface area contributed by atoms with E-state index in [1.165, 1.54) is 12.3 Å². The smallest absolute Gasteiger partial charge is 0.253 e. The average Bonchev–Trinajstić information content (AvgIpc) is 2.62. The summed E-state index contributed by atoms with van der Waals surface area (Å²) in [6.45, 7) is 0. The molecule has 1 aliphatic rings. The van der Waals surface area contributed by atoms with Crippen LogP contribution in [0, 0.1) is 0 Å². The minimum atomic E-state index is -3.02. The van der Waals surface area contributed by atoms with Gasteiger partial charge in [0, 0.05) is 12.2 Å². The Balaban J connectivity index is 2.06. The van der Waals surface area contributed by atoms with Crippen molar-refractivity contribution >= 4 is 38.9 Å². The van der Waals surface area contributed by atoms with Crippen molar-refractivity contribution < 1.29 is 13.2 Å². The van der Waals surface area contributed by atoms with Crippen molar-refractivity contribution in [3.8, 4) is 0 Å². The lowest BCUT2D eigenvalue weighted by Gasteiger charge is -2.10. The van der Waals surface area contributed by atoms with Crippen LogP contribution in [0.2, 0.25) is 10.2 Å². The van der Waals surface area contributed by atoms with Crippen molar-refractivity contribution in [1.82, 2.24) is 10.3 Å². The maximum absolute atomic E-state index is 11.8. The van der Waals surface area contributed by atoms with Crippen LogP contribution in [0.3, 0.4) is 0 Å². The molecule has 0 aliphatic carbocycles. The Hall–Kier alpha value is -0.850. The molecule has 1 atom stereocenters. The van der Waals surface area contributed by atoms with Gasteiger partial charge in [-0.1, -0.05) is 23.2 Å². The zero-order valence-electron chi connectivity index (χ0n) is 9.19. The minimum absolute atomic E-state index is 0.0203. The Kier molecular flexibility index (Phi) is 3.79. The highest BCUT2D eigenvalue weighted by Gasteiger charge is 2.29. The molecule has 18 heavy (non-hydrogen) atoms. The number of amides is 1. The number of pyridine rings is 1. The quantitative estimate of drug-likeness (QED) is 0.836. The minimum Gasteiger partial charge on any atom is -0.348 e. The highest BCUT2D eigenvalue weighted by molar-refractivity contribution is 7.91. The van der Waals surface area contributed by atoms with Crippen LogP contribution in [0.1, 0.15) is 16.8 Å². The lowest BCUT2D eigenvalue weighted by Crippen LogP contribution is -2.35. The van der Waals surface area contributed by atoms with Crippen LogP contribution < -0.4 is 5.32 Å². The molecule has 8 heteroatoms. The molecule has 0 bridgehead atoms. The van der Waals surface area contributed by atoms with E-state index in [9.17, 15) is 13.2 Å². The number of aromatic nitrogens is 1. The summed E-state index contributed by atoms with van der Waals surface area (Å²) in [6, 6.07) is 1.05. The normalized spacial score (nSPS) is 21.8. The van der Waals surface area contributed by atoms with Crippen molar-refractivity contribution in [2.45, 2.75) is 12.5 Å². The molecule has 2 heterocycles. The molecule has 0 unspecified atom stereocenters. The SMILES string of the molecule is O=C(N[C@H]1CCS(=O)(=O)C1)c1cnc(Cl)c(Cl)c1. The molecule has 1 aliphatic heterocycles. The molecule has 1 amide bonds. The Morgan fingerprint density at radius 2 is 2.17 bits per heavy atom. The first-order chi connectivity index (χ1) is 8.37. The monoisotopic (exact) mass is 308 g/mol. The highest BCUT2D eigenvalue weighted by Crippen LogP contribution is 2.20. The molecule has 0 saturated carbocycles. The number of nitrogens with zero attached hydrogens (tertiary/aromatic N) is 1. The fourth-order valence-corrected chi connectivity index (χ4v) is 3.67. The van der Waals surface area contributed by atoms with Gasteiger partial charge in [-0.25, -0.2) is 13.4 Å². The van der Waals surface area contributed by atoms with Gasteiger partial charge in [-0.05, 0) is 12.5 Å². The first kappa shape index (κ1) is 13.6. The van der Waals surface area contributed by atoms with Crippen molar-refractivity contribution in [3.63, 3.8) is 0 Å². The third kappa shape index (κ3) is 3.13. The number of hydrogen-bond acceptors (Lipinski definition) is 4. The third-order valence-corrected chi connectivity index (χ3v) is 5.08. The van der Waals surface area contributed by atoms with Crippen molar-refractivity contribution in [2.24, 2.45) is 0 Å². The summed E-state index contributed by atoms with van der Waals surface area (Å²) in [4.78, 5) is 15.6. The Morgan fingerprint density at radius 1 is 1.44 bits per heavy atom. The topological polar surface area (TPSA) is 76.1 Å². The molecule has 1 saturated heterocycles. The van der Waals surface area contributed by atoms with Crippen LogP contribution in [-0.4, -0.2) is 36.9 Å². The summed E-state index contributed by atoms with van der Waals surface area (Å²) in [5.41, 5.74) is 0.258. The van der Waals surface area contributed by atoms with Gasteiger partial charge in [0.2, 0.25) is 0 Å². The lowest BCUT2D eigenvalue weighted by atomic mass is 10.2. The molecular weight excluding hydrogens is 299 g/mol. The van der Waals surface area contributed by atoms with Crippen LogP contribution >= 0.6 is 23.2 Å². The summed E-state index contributed by atoms with van der Waals surface area (Å²) in [7, 11) is -3.02. The maximum Gasteiger partial charge on any atom is 0.253 e. The standard InChI is InChI=1S/C10H10Cl2N2O3S/c11-8-3-6(4-13-9(8)12)10(15)14-7-1-2-18(16,17)5-7/h3-4,7H,1-2,5H2,(H,14,15)/t7-/m0/s1. The summed E-state index contributed by atoms with van der Waals surface area (Å²) < 4.78 is 22.5. The van der Waals surface area contributed by atoms with Gasteiger partial charge in [0.15, 0.2) is 9.84 Å². The molecule has 1 aromatic rings. The fourth-order valence-electron chi connectivity index (χ4n) is 1.72. The second-order valence-corrected chi connectivity index (χ2v) is 7.06. The van der Waals surface area contributed by atoms with Crippen molar-refractivity contribution in [3.05, 3.63) is 28.0 Å². The van der Waals surface area contributed by atoms with Crippen LogP contribution in [0.25, 0.3) is 0 Å². The largest absolute Gasteiger partial charge is 0.348 e. The van der Waals surface area contributed by atoms with E-state index in [0.29, 0.717) is 6.42 Å². The zero-order chi connectivity index (χ0) is 13.3. The predicted molar refractivity (Wildman–Crippen MR) is 68.8 cm³/mol. The fraction of sp³-hybridized carbons (Fsp3) is 0.400.